The van der Waals surface area contributed by atoms with Gasteiger partial charge in [-0.25, -0.2) is 4.79 Å². The van der Waals surface area contributed by atoms with E-state index in [9.17, 15) is 10.1 Å². The molecule has 0 fully saturated rings. The third-order valence-corrected chi connectivity index (χ3v) is 4.84. The Bertz CT molecular complexity index is 1130. The number of nitriles is 1. The molecule has 2 heterocycles. The Morgan fingerprint density at radius 1 is 1.08 bits per heavy atom. The Morgan fingerprint density at radius 2 is 1.88 bits per heavy atom. The minimum absolute atomic E-state index is 0.327. The van der Waals surface area contributed by atoms with Crippen LogP contribution in [0.3, 0.4) is 0 Å². The molecule has 2 aromatic carbocycles. The minimum Gasteiger partial charge on any atom is -0.387 e. The average molecular weight is 359 g/mol. The van der Waals surface area contributed by atoms with Gasteiger partial charge in [0.1, 0.15) is 0 Å². The summed E-state index contributed by atoms with van der Waals surface area (Å²) in [6.45, 7) is 0.327. The third-order valence-electron chi connectivity index (χ3n) is 3.98. The van der Waals surface area contributed by atoms with Crippen LogP contribution in [0.2, 0.25) is 0 Å². The summed E-state index contributed by atoms with van der Waals surface area (Å²) < 4.78 is 6.54. The van der Waals surface area contributed by atoms with E-state index in [1.807, 2.05) is 60.0 Å². The number of rotatable bonds is 4. The zero-order valence-electron chi connectivity index (χ0n) is 13.6. The van der Waals surface area contributed by atoms with Crippen molar-refractivity contribution >= 4 is 11.3 Å². The maximum atomic E-state index is 12.0. The molecule has 6 heteroatoms. The molecule has 0 unspecified atom stereocenters. The van der Waals surface area contributed by atoms with Gasteiger partial charge in [-0.15, -0.1) is 16.4 Å². The number of aromatic nitrogens is 2. The highest BCUT2D eigenvalue weighted by molar-refractivity contribution is 7.13. The summed E-state index contributed by atoms with van der Waals surface area (Å²) in [4.78, 5) is 12.8. The molecule has 0 saturated heterocycles. The van der Waals surface area contributed by atoms with E-state index in [1.54, 1.807) is 6.07 Å². The van der Waals surface area contributed by atoms with Crippen molar-refractivity contribution in [2.24, 2.45) is 0 Å². The van der Waals surface area contributed by atoms with Gasteiger partial charge in [0.25, 0.3) is 5.89 Å². The maximum absolute atomic E-state index is 12.0. The molecule has 0 aliphatic rings. The summed E-state index contributed by atoms with van der Waals surface area (Å²) in [6.07, 6.45) is 0. The predicted molar refractivity (Wildman–Crippen MR) is 99.8 cm³/mol. The lowest BCUT2D eigenvalue weighted by Crippen LogP contribution is -2.16. The van der Waals surface area contributed by atoms with Crippen LogP contribution in [0.1, 0.15) is 11.1 Å². The molecule has 0 N–H and O–H groups in total. The molecule has 0 amide bonds. The fourth-order valence-electron chi connectivity index (χ4n) is 2.70. The summed E-state index contributed by atoms with van der Waals surface area (Å²) in [5.41, 5.74) is 3.41. The number of hydrogen-bond acceptors (Lipinski definition) is 5. The fraction of sp³-hybridized carbons (Fsp3) is 0.0500. The second-order valence-electron chi connectivity index (χ2n) is 5.66. The van der Waals surface area contributed by atoms with Crippen molar-refractivity contribution in [3.05, 3.63) is 87.7 Å². The molecule has 4 rings (SSSR count). The molecule has 26 heavy (non-hydrogen) atoms. The summed E-state index contributed by atoms with van der Waals surface area (Å²) in [7, 11) is 0. The van der Waals surface area contributed by atoms with Crippen LogP contribution in [0, 0.1) is 11.3 Å². The second kappa shape index (κ2) is 6.82. The van der Waals surface area contributed by atoms with Gasteiger partial charge in [-0.1, -0.05) is 48.5 Å². The Hall–Kier alpha value is -3.43. The van der Waals surface area contributed by atoms with E-state index < -0.39 is 5.76 Å². The summed E-state index contributed by atoms with van der Waals surface area (Å²) in [6, 6.07) is 21.2. The first-order valence-electron chi connectivity index (χ1n) is 7.95. The van der Waals surface area contributed by atoms with Crippen LogP contribution in [0.25, 0.3) is 21.9 Å². The van der Waals surface area contributed by atoms with Gasteiger partial charge in [0.2, 0.25) is 0 Å². The van der Waals surface area contributed by atoms with Gasteiger partial charge in [0.05, 0.1) is 23.1 Å². The zero-order chi connectivity index (χ0) is 17.9. The first-order chi connectivity index (χ1) is 12.7. The SMILES string of the molecule is N#Cc1ccccc1-c1ccc(Cn2nc(-c3cccs3)oc2=O)cc1. The summed E-state index contributed by atoms with van der Waals surface area (Å²) in [5.74, 6) is -0.142. The zero-order valence-corrected chi connectivity index (χ0v) is 14.4. The molecule has 0 spiro atoms. The number of nitrogens with zero attached hydrogens (tertiary/aromatic N) is 3. The highest BCUT2D eigenvalue weighted by Gasteiger charge is 2.11. The van der Waals surface area contributed by atoms with Gasteiger partial charge < -0.3 is 4.42 Å². The number of thiophene rings is 1. The molecule has 126 valence electrons. The standard InChI is InChI=1S/C20H13N3O2S/c21-12-16-4-1-2-5-17(16)15-9-7-14(8-10-15)13-23-20(24)25-19(22-23)18-6-3-11-26-18/h1-11H,13H2. The molecule has 0 saturated carbocycles. The van der Waals surface area contributed by atoms with Crippen molar-refractivity contribution in [2.75, 3.05) is 0 Å². The third kappa shape index (κ3) is 3.08. The topological polar surface area (TPSA) is 71.8 Å². The van der Waals surface area contributed by atoms with Crippen LogP contribution in [0.15, 0.2) is 75.3 Å². The fourth-order valence-corrected chi connectivity index (χ4v) is 3.35. The molecular weight excluding hydrogens is 346 g/mol. The number of benzene rings is 2. The van der Waals surface area contributed by atoms with E-state index in [1.165, 1.54) is 16.0 Å². The highest BCUT2D eigenvalue weighted by Crippen LogP contribution is 2.24. The maximum Gasteiger partial charge on any atom is 0.437 e. The van der Waals surface area contributed by atoms with E-state index in [-0.39, 0.29) is 0 Å². The van der Waals surface area contributed by atoms with Crippen LogP contribution in [-0.4, -0.2) is 9.78 Å². The lowest BCUT2D eigenvalue weighted by atomic mass is 9.99. The monoisotopic (exact) mass is 359 g/mol. The molecule has 0 radical (unpaired) electrons. The molecule has 0 aliphatic carbocycles. The van der Waals surface area contributed by atoms with Gasteiger partial charge in [-0.3, -0.25) is 0 Å². The quantitative estimate of drug-likeness (QED) is 0.549. The first-order valence-corrected chi connectivity index (χ1v) is 8.83. The van der Waals surface area contributed by atoms with Crippen molar-refractivity contribution in [2.45, 2.75) is 6.54 Å². The van der Waals surface area contributed by atoms with Gasteiger partial charge in [-0.05, 0) is 34.2 Å². The molecule has 5 nitrogen and oxygen atoms in total. The lowest BCUT2D eigenvalue weighted by Gasteiger charge is -2.05. The van der Waals surface area contributed by atoms with Crippen molar-refractivity contribution in [3.63, 3.8) is 0 Å². The molecule has 2 aromatic heterocycles. The van der Waals surface area contributed by atoms with Gasteiger partial charge in [0, 0.05) is 0 Å². The van der Waals surface area contributed by atoms with E-state index in [0.29, 0.717) is 18.0 Å². The first kappa shape index (κ1) is 16.1. The Morgan fingerprint density at radius 3 is 2.62 bits per heavy atom. The largest absolute Gasteiger partial charge is 0.437 e. The summed E-state index contributed by atoms with van der Waals surface area (Å²) >= 11 is 1.47. The Labute approximate surface area is 153 Å². The summed E-state index contributed by atoms with van der Waals surface area (Å²) in [5, 5.41) is 15.4. The van der Waals surface area contributed by atoms with Gasteiger partial charge in [0.15, 0.2) is 0 Å². The predicted octanol–water partition coefficient (Wildman–Crippen LogP) is 4.15. The van der Waals surface area contributed by atoms with Crippen LogP contribution >= 0.6 is 11.3 Å². The van der Waals surface area contributed by atoms with E-state index in [0.717, 1.165) is 21.6 Å². The number of hydrogen-bond donors (Lipinski definition) is 0. The molecule has 4 aromatic rings. The average Bonchev–Trinajstić information content (AvgIpc) is 3.33. The normalized spacial score (nSPS) is 10.6. The smallest absolute Gasteiger partial charge is 0.387 e. The Balaban J connectivity index is 1.59. The Kier molecular flexibility index (Phi) is 4.22. The van der Waals surface area contributed by atoms with Crippen molar-refractivity contribution < 1.29 is 4.42 Å². The van der Waals surface area contributed by atoms with Crippen LogP contribution in [0.5, 0.6) is 0 Å². The van der Waals surface area contributed by atoms with Gasteiger partial charge in [-0.2, -0.15) is 9.94 Å². The van der Waals surface area contributed by atoms with Crippen molar-refractivity contribution in [1.29, 1.82) is 5.26 Å². The minimum atomic E-state index is -0.479. The molecule has 0 aliphatic heterocycles. The molecule has 0 atom stereocenters. The van der Waals surface area contributed by atoms with E-state index in [2.05, 4.69) is 11.2 Å². The van der Waals surface area contributed by atoms with E-state index in [4.69, 9.17) is 4.42 Å². The van der Waals surface area contributed by atoms with Crippen LogP contribution in [0.4, 0.5) is 0 Å². The van der Waals surface area contributed by atoms with Crippen molar-refractivity contribution in [3.8, 4) is 28.0 Å². The second-order valence-corrected chi connectivity index (χ2v) is 6.61. The van der Waals surface area contributed by atoms with Crippen LogP contribution in [-0.2, 0) is 6.54 Å². The van der Waals surface area contributed by atoms with E-state index >= 15 is 0 Å². The van der Waals surface area contributed by atoms with Crippen molar-refractivity contribution in [1.82, 2.24) is 9.78 Å². The highest BCUT2D eigenvalue weighted by atomic mass is 32.1. The molecular formula is C20H13N3O2S. The van der Waals surface area contributed by atoms with Crippen LogP contribution < -0.4 is 5.76 Å². The van der Waals surface area contributed by atoms with Gasteiger partial charge >= 0.3 is 5.76 Å². The lowest BCUT2D eigenvalue weighted by molar-refractivity contribution is 0.495. The molecule has 0 bridgehead atoms.